The molecule has 2 fully saturated rings. The number of amides is 2. The predicted molar refractivity (Wildman–Crippen MR) is 131 cm³/mol. The number of likely N-dealkylation sites (N-methyl/N-ethyl adjacent to an activating group) is 1. The molecule has 2 amide bonds. The molecule has 34 heavy (non-hydrogen) atoms. The Morgan fingerprint density at radius 1 is 1.03 bits per heavy atom. The van der Waals surface area contributed by atoms with Crippen molar-refractivity contribution in [1.29, 1.82) is 0 Å². The van der Waals surface area contributed by atoms with E-state index < -0.39 is 0 Å². The Balaban J connectivity index is 1.43. The average molecular weight is 465 g/mol. The van der Waals surface area contributed by atoms with Gasteiger partial charge in [0.15, 0.2) is 0 Å². The number of likely N-dealkylation sites (tertiary alicyclic amines) is 1. The molecule has 0 unspecified atom stereocenters. The second kappa shape index (κ2) is 11.6. The van der Waals surface area contributed by atoms with E-state index in [-0.39, 0.29) is 23.9 Å². The van der Waals surface area contributed by atoms with Crippen LogP contribution in [0.15, 0.2) is 54.7 Å². The third-order valence-electron chi connectivity index (χ3n) is 7.34. The number of morpholine rings is 1. The number of hydrogen-bond acceptors (Lipinski definition) is 5. The minimum absolute atomic E-state index is 0.0471. The summed E-state index contributed by atoms with van der Waals surface area (Å²) in [5.74, 6) is 0.472. The van der Waals surface area contributed by atoms with Gasteiger partial charge >= 0.3 is 0 Å². The normalized spacial score (nSPS) is 19.4. The van der Waals surface area contributed by atoms with Gasteiger partial charge in [-0.3, -0.25) is 19.5 Å². The van der Waals surface area contributed by atoms with E-state index in [1.807, 2.05) is 54.1 Å². The molecule has 0 saturated carbocycles. The summed E-state index contributed by atoms with van der Waals surface area (Å²) in [6.07, 6.45) is 4.23. The van der Waals surface area contributed by atoms with Crippen LogP contribution in [-0.4, -0.2) is 90.0 Å². The van der Waals surface area contributed by atoms with Gasteiger partial charge in [0.2, 0.25) is 5.91 Å². The maximum absolute atomic E-state index is 13.2. The minimum atomic E-state index is -0.117. The number of ether oxygens (including phenoxy) is 1. The third-order valence-corrected chi connectivity index (χ3v) is 7.34. The first-order valence-corrected chi connectivity index (χ1v) is 12.4. The monoisotopic (exact) mass is 464 g/mol. The number of carbonyl (C=O) groups is 2. The van der Waals surface area contributed by atoms with E-state index in [2.05, 4.69) is 22.0 Å². The van der Waals surface area contributed by atoms with Gasteiger partial charge in [-0.2, -0.15) is 0 Å². The molecule has 4 rings (SSSR count). The fourth-order valence-corrected chi connectivity index (χ4v) is 5.19. The van der Waals surface area contributed by atoms with E-state index in [1.165, 1.54) is 5.56 Å². The fraction of sp³-hybridized carbons (Fsp3) is 0.519. The van der Waals surface area contributed by atoms with E-state index in [1.54, 1.807) is 12.3 Å². The number of piperidine rings is 1. The van der Waals surface area contributed by atoms with Crippen LogP contribution in [0.3, 0.4) is 0 Å². The second-order valence-electron chi connectivity index (χ2n) is 9.38. The van der Waals surface area contributed by atoms with Crippen LogP contribution in [0, 0.1) is 5.92 Å². The van der Waals surface area contributed by atoms with Crippen molar-refractivity contribution in [3.8, 4) is 0 Å². The molecule has 1 aromatic carbocycles. The fourth-order valence-electron chi connectivity index (χ4n) is 5.19. The number of carbonyl (C=O) groups excluding carboxylic acids is 2. The maximum Gasteiger partial charge on any atom is 0.272 e. The van der Waals surface area contributed by atoms with Crippen molar-refractivity contribution in [1.82, 2.24) is 19.7 Å². The molecule has 0 bridgehead atoms. The van der Waals surface area contributed by atoms with Crippen molar-refractivity contribution >= 4 is 11.8 Å². The smallest absolute Gasteiger partial charge is 0.272 e. The standard InChI is InChI=1S/C27H36N4O3/c1-21(30-16-18-34-19-17-30)26(32)31-14-11-23(12-15-31)25(20-22-8-4-3-5-9-22)29(2)27(33)24-10-6-7-13-28-24/h3-10,13,21,23,25H,11-12,14-20H2,1-2H3/t21-,25-/m0/s1. The van der Waals surface area contributed by atoms with Gasteiger partial charge < -0.3 is 14.5 Å². The van der Waals surface area contributed by atoms with Crippen LogP contribution < -0.4 is 0 Å². The molecule has 2 aliphatic heterocycles. The second-order valence-corrected chi connectivity index (χ2v) is 9.38. The topological polar surface area (TPSA) is 66.0 Å². The summed E-state index contributed by atoms with van der Waals surface area (Å²) in [7, 11) is 1.89. The summed E-state index contributed by atoms with van der Waals surface area (Å²) in [4.78, 5) is 36.8. The average Bonchev–Trinajstić information content (AvgIpc) is 2.92. The first kappa shape index (κ1) is 24.4. The first-order chi connectivity index (χ1) is 16.5. The van der Waals surface area contributed by atoms with Crippen molar-refractivity contribution in [3.05, 3.63) is 66.0 Å². The highest BCUT2D eigenvalue weighted by molar-refractivity contribution is 5.92. The molecule has 3 heterocycles. The number of benzene rings is 1. The highest BCUT2D eigenvalue weighted by Gasteiger charge is 2.35. The molecule has 0 aliphatic carbocycles. The summed E-state index contributed by atoms with van der Waals surface area (Å²) in [5, 5.41) is 0. The van der Waals surface area contributed by atoms with Gasteiger partial charge in [-0.15, -0.1) is 0 Å². The van der Waals surface area contributed by atoms with Crippen LogP contribution in [-0.2, 0) is 16.0 Å². The molecule has 2 aliphatic rings. The number of nitrogens with zero attached hydrogens (tertiary/aromatic N) is 4. The molecular formula is C27H36N4O3. The van der Waals surface area contributed by atoms with E-state index in [0.29, 0.717) is 24.8 Å². The number of rotatable bonds is 7. The summed E-state index contributed by atoms with van der Waals surface area (Å²) in [6.45, 7) is 6.47. The zero-order valence-corrected chi connectivity index (χ0v) is 20.3. The van der Waals surface area contributed by atoms with Crippen molar-refractivity contribution in [3.63, 3.8) is 0 Å². The van der Waals surface area contributed by atoms with Gasteiger partial charge in [-0.1, -0.05) is 36.4 Å². The molecular weight excluding hydrogens is 428 g/mol. The van der Waals surface area contributed by atoms with Gasteiger partial charge in [0.25, 0.3) is 5.91 Å². The zero-order chi connectivity index (χ0) is 23.9. The van der Waals surface area contributed by atoms with Gasteiger partial charge in [-0.05, 0) is 49.8 Å². The molecule has 7 heteroatoms. The minimum Gasteiger partial charge on any atom is -0.379 e. The van der Waals surface area contributed by atoms with Crippen molar-refractivity contribution < 1.29 is 14.3 Å². The molecule has 0 spiro atoms. The summed E-state index contributed by atoms with van der Waals surface area (Å²) >= 11 is 0. The van der Waals surface area contributed by atoms with E-state index in [9.17, 15) is 9.59 Å². The van der Waals surface area contributed by atoms with Crippen LogP contribution in [0.2, 0.25) is 0 Å². The Morgan fingerprint density at radius 3 is 2.35 bits per heavy atom. The largest absolute Gasteiger partial charge is 0.379 e. The third kappa shape index (κ3) is 5.83. The molecule has 1 aromatic heterocycles. The van der Waals surface area contributed by atoms with E-state index in [0.717, 1.165) is 45.4 Å². The van der Waals surface area contributed by atoms with Gasteiger partial charge in [0.05, 0.1) is 19.3 Å². The summed E-state index contributed by atoms with van der Waals surface area (Å²) in [6, 6.07) is 15.7. The van der Waals surface area contributed by atoms with Gasteiger partial charge in [0.1, 0.15) is 5.69 Å². The molecule has 7 nitrogen and oxygen atoms in total. The maximum atomic E-state index is 13.2. The van der Waals surface area contributed by atoms with Crippen molar-refractivity contribution in [2.24, 2.45) is 5.92 Å². The Bertz CT molecular complexity index is 925. The van der Waals surface area contributed by atoms with Gasteiger partial charge in [-0.25, -0.2) is 0 Å². The van der Waals surface area contributed by atoms with Crippen LogP contribution in [0.4, 0.5) is 0 Å². The Labute approximate surface area is 202 Å². The highest BCUT2D eigenvalue weighted by atomic mass is 16.5. The molecule has 2 aromatic rings. The molecule has 0 radical (unpaired) electrons. The number of hydrogen-bond donors (Lipinski definition) is 0. The number of aromatic nitrogens is 1. The summed E-state index contributed by atoms with van der Waals surface area (Å²) < 4.78 is 5.43. The highest BCUT2D eigenvalue weighted by Crippen LogP contribution is 2.28. The van der Waals surface area contributed by atoms with Crippen LogP contribution in [0.25, 0.3) is 0 Å². The van der Waals surface area contributed by atoms with Crippen molar-refractivity contribution in [2.75, 3.05) is 46.4 Å². The Morgan fingerprint density at radius 2 is 1.71 bits per heavy atom. The quantitative estimate of drug-likeness (QED) is 0.630. The van der Waals surface area contributed by atoms with Crippen LogP contribution >= 0.6 is 0 Å². The van der Waals surface area contributed by atoms with Crippen LogP contribution in [0.5, 0.6) is 0 Å². The molecule has 182 valence electrons. The predicted octanol–water partition coefficient (Wildman–Crippen LogP) is 2.72. The first-order valence-electron chi connectivity index (χ1n) is 12.4. The lowest BCUT2D eigenvalue weighted by atomic mass is 9.84. The van der Waals surface area contributed by atoms with E-state index >= 15 is 0 Å². The molecule has 0 N–H and O–H groups in total. The van der Waals surface area contributed by atoms with Crippen LogP contribution in [0.1, 0.15) is 35.8 Å². The van der Waals surface area contributed by atoms with Gasteiger partial charge in [0, 0.05) is 45.5 Å². The SMILES string of the molecule is C[C@@H](C(=O)N1CCC([C@H](Cc2ccccc2)N(C)C(=O)c2ccccn2)CC1)N1CCOCC1. The lowest BCUT2D eigenvalue weighted by Crippen LogP contribution is -2.54. The molecule has 2 atom stereocenters. The van der Waals surface area contributed by atoms with Crippen molar-refractivity contribution in [2.45, 2.75) is 38.3 Å². The number of pyridine rings is 1. The lowest BCUT2D eigenvalue weighted by molar-refractivity contribution is -0.139. The Hall–Kier alpha value is -2.77. The lowest BCUT2D eigenvalue weighted by Gasteiger charge is -2.41. The zero-order valence-electron chi connectivity index (χ0n) is 20.3. The summed E-state index contributed by atoms with van der Waals surface area (Å²) in [5.41, 5.74) is 1.68. The van der Waals surface area contributed by atoms with E-state index in [4.69, 9.17) is 4.74 Å². The molecule has 2 saturated heterocycles. The Kier molecular flexibility index (Phi) is 8.29.